The van der Waals surface area contributed by atoms with Gasteiger partial charge in [-0.05, 0) is 43.1 Å². The Kier molecular flexibility index (Phi) is 3.51. The molecule has 1 aliphatic rings. The average Bonchev–Trinajstić information content (AvgIpc) is 3.11. The maximum atomic E-state index is 5.17. The highest BCUT2D eigenvalue weighted by Crippen LogP contribution is 2.22. The molecule has 2 aromatic rings. The minimum Gasteiger partial charge on any atom is -0.497 e. The summed E-state index contributed by atoms with van der Waals surface area (Å²) < 4.78 is 7.22. The van der Waals surface area contributed by atoms with Crippen LogP contribution in [0, 0.1) is 5.92 Å². The lowest BCUT2D eigenvalue weighted by Crippen LogP contribution is -2.14. The first-order valence-electron chi connectivity index (χ1n) is 6.73. The number of hydrogen-bond acceptors (Lipinski definition) is 3. The van der Waals surface area contributed by atoms with E-state index in [0.717, 1.165) is 30.9 Å². The maximum absolute atomic E-state index is 5.17. The van der Waals surface area contributed by atoms with E-state index in [-0.39, 0.29) is 0 Å². The SMILES string of the molecule is COc1ccc(-c2cnn(CC3CCNC3)c2)cc1. The molecule has 4 heteroatoms. The number of ether oxygens (including phenoxy) is 1. The lowest BCUT2D eigenvalue weighted by molar-refractivity contribution is 0.415. The van der Waals surface area contributed by atoms with Gasteiger partial charge >= 0.3 is 0 Å². The smallest absolute Gasteiger partial charge is 0.118 e. The summed E-state index contributed by atoms with van der Waals surface area (Å²) in [5.74, 6) is 1.59. The van der Waals surface area contributed by atoms with Gasteiger partial charge in [-0.1, -0.05) is 12.1 Å². The quantitative estimate of drug-likeness (QED) is 0.912. The Morgan fingerprint density at radius 2 is 2.16 bits per heavy atom. The van der Waals surface area contributed by atoms with Crippen LogP contribution in [0.4, 0.5) is 0 Å². The monoisotopic (exact) mass is 257 g/mol. The van der Waals surface area contributed by atoms with Gasteiger partial charge in [-0.3, -0.25) is 4.68 Å². The fourth-order valence-corrected chi connectivity index (χ4v) is 2.53. The van der Waals surface area contributed by atoms with Gasteiger partial charge in [0.25, 0.3) is 0 Å². The van der Waals surface area contributed by atoms with Crippen molar-refractivity contribution in [2.75, 3.05) is 20.2 Å². The van der Waals surface area contributed by atoms with Crippen molar-refractivity contribution in [3.63, 3.8) is 0 Å². The molecule has 0 aliphatic carbocycles. The van der Waals surface area contributed by atoms with Crippen molar-refractivity contribution in [2.24, 2.45) is 5.92 Å². The zero-order chi connectivity index (χ0) is 13.1. The second-order valence-electron chi connectivity index (χ2n) is 5.04. The normalized spacial score (nSPS) is 18.7. The fourth-order valence-electron chi connectivity index (χ4n) is 2.53. The molecule has 4 nitrogen and oxygen atoms in total. The molecule has 1 aromatic carbocycles. The van der Waals surface area contributed by atoms with Crippen molar-refractivity contribution in [2.45, 2.75) is 13.0 Å². The molecule has 0 saturated carbocycles. The summed E-state index contributed by atoms with van der Waals surface area (Å²) >= 11 is 0. The first kappa shape index (κ1) is 12.2. The number of rotatable bonds is 4. The molecule has 2 heterocycles. The van der Waals surface area contributed by atoms with Crippen molar-refractivity contribution in [1.82, 2.24) is 15.1 Å². The van der Waals surface area contributed by atoms with Crippen LogP contribution in [0.1, 0.15) is 6.42 Å². The highest BCUT2D eigenvalue weighted by atomic mass is 16.5. The Morgan fingerprint density at radius 1 is 1.32 bits per heavy atom. The zero-order valence-corrected chi connectivity index (χ0v) is 11.2. The molecular formula is C15H19N3O. The van der Waals surface area contributed by atoms with Gasteiger partial charge in [0.15, 0.2) is 0 Å². The molecule has 1 atom stereocenters. The average molecular weight is 257 g/mol. The Morgan fingerprint density at radius 3 is 2.84 bits per heavy atom. The van der Waals surface area contributed by atoms with Gasteiger partial charge < -0.3 is 10.1 Å². The van der Waals surface area contributed by atoms with E-state index in [4.69, 9.17) is 4.74 Å². The first-order chi connectivity index (χ1) is 9.35. The molecule has 0 spiro atoms. The van der Waals surface area contributed by atoms with Crippen LogP contribution in [0.5, 0.6) is 5.75 Å². The fraction of sp³-hybridized carbons (Fsp3) is 0.400. The third kappa shape index (κ3) is 2.79. The number of methoxy groups -OCH3 is 1. The maximum Gasteiger partial charge on any atom is 0.118 e. The largest absolute Gasteiger partial charge is 0.497 e. The van der Waals surface area contributed by atoms with E-state index < -0.39 is 0 Å². The van der Waals surface area contributed by atoms with Crippen molar-refractivity contribution in [3.8, 4) is 16.9 Å². The molecule has 0 amide bonds. The Bertz CT molecular complexity index is 527. The summed E-state index contributed by atoms with van der Waals surface area (Å²) in [6, 6.07) is 8.09. The highest BCUT2D eigenvalue weighted by Gasteiger charge is 2.15. The summed E-state index contributed by atoms with van der Waals surface area (Å²) in [4.78, 5) is 0. The van der Waals surface area contributed by atoms with Crippen LogP contribution in [0.3, 0.4) is 0 Å². The lowest BCUT2D eigenvalue weighted by Gasteiger charge is -2.07. The van der Waals surface area contributed by atoms with E-state index in [2.05, 4.69) is 33.4 Å². The van der Waals surface area contributed by atoms with Crippen LogP contribution < -0.4 is 10.1 Å². The lowest BCUT2D eigenvalue weighted by atomic mass is 10.1. The molecule has 19 heavy (non-hydrogen) atoms. The van der Waals surface area contributed by atoms with Crippen LogP contribution in [0.25, 0.3) is 11.1 Å². The summed E-state index contributed by atoms with van der Waals surface area (Å²) in [7, 11) is 1.68. The van der Waals surface area contributed by atoms with Crippen molar-refractivity contribution in [1.29, 1.82) is 0 Å². The zero-order valence-electron chi connectivity index (χ0n) is 11.2. The summed E-state index contributed by atoms with van der Waals surface area (Å²) in [5.41, 5.74) is 2.34. The van der Waals surface area contributed by atoms with Gasteiger partial charge in [-0.25, -0.2) is 0 Å². The van der Waals surface area contributed by atoms with Crippen LogP contribution in [-0.4, -0.2) is 30.0 Å². The molecule has 3 rings (SSSR count). The van der Waals surface area contributed by atoms with Gasteiger partial charge in [0.05, 0.1) is 13.3 Å². The molecule has 1 N–H and O–H groups in total. The Balaban J connectivity index is 1.72. The van der Waals surface area contributed by atoms with E-state index in [1.54, 1.807) is 7.11 Å². The molecule has 1 aliphatic heterocycles. The standard InChI is InChI=1S/C15H19N3O/c1-19-15-4-2-13(3-5-15)14-9-17-18(11-14)10-12-6-7-16-8-12/h2-5,9,11-12,16H,6-8,10H2,1H3. The summed E-state index contributed by atoms with van der Waals surface area (Å²) in [5, 5.41) is 7.85. The first-order valence-corrected chi connectivity index (χ1v) is 6.73. The second kappa shape index (κ2) is 5.45. The van der Waals surface area contributed by atoms with E-state index in [1.165, 1.54) is 12.0 Å². The van der Waals surface area contributed by atoms with Crippen LogP contribution in [0.15, 0.2) is 36.7 Å². The number of benzene rings is 1. The van der Waals surface area contributed by atoms with Crippen LogP contribution in [-0.2, 0) is 6.54 Å². The predicted molar refractivity (Wildman–Crippen MR) is 75.2 cm³/mol. The Labute approximate surface area is 113 Å². The van der Waals surface area contributed by atoms with Gasteiger partial charge in [0.2, 0.25) is 0 Å². The molecule has 1 saturated heterocycles. The third-order valence-corrected chi connectivity index (χ3v) is 3.66. The van der Waals surface area contributed by atoms with Crippen molar-refractivity contribution in [3.05, 3.63) is 36.7 Å². The third-order valence-electron chi connectivity index (χ3n) is 3.66. The van der Waals surface area contributed by atoms with Crippen molar-refractivity contribution >= 4 is 0 Å². The number of nitrogens with one attached hydrogen (secondary N) is 1. The highest BCUT2D eigenvalue weighted by molar-refractivity contribution is 5.62. The number of hydrogen-bond donors (Lipinski definition) is 1. The molecule has 100 valence electrons. The topological polar surface area (TPSA) is 39.1 Å². The van der Waals surface area contributed by atoms with Gasteiger partial charge in [-0.15, -0.1) is 0 Å². The van der Waals surface area contributed by atoms with Crippen molar-refractivity contribution < 1.29 is 4.74 Å². The second-order valence-corrected chi connectivity index (χ2v) is 5.04. The molecule has 0 radical (unpaired) electrons. The summed E-state index contributed by atoms with van der Waals surface area (Å²) in [6.45, 7) is 3.25. The van der Waals surface area contributed by atoms with Crippen LogP contribution in [0.2, 0.25) is 0 Å². The Hall–Kier alpha value is -1.81. The number of aromatic nitrogens is 2. The molecule has 0 bridgehead atoms. The van der Waals surface area contributed by atoms with Gasteiger partial charge in [0.1, 0.15) is 5.75 Å². The number of nitrogens with zero attached hydrogens (tertiary/aromatic N) is 2. The minimum atomic E-state index is 0.712. The minimum absolute atomic E-state index is 0.712. The van der Waals surface area contributed by atoms with Gasteiger partial charge in [0, 0.05) is 18.3 Å². The van der Waals surface area contributed by atoms with E-state index in [0.29, 0.717) is 5.92 Å². The molecular weight excluding hydrogens is 238 g/mol. The van der Waals surface area contributed by atoms with E-state index in [9.17, 15) is 0 Å². The summed E-state index contributed by atoms with van der Waals surface area (Å²) in [6.07, 6.45) is 5.31. The van der Waals surface area contributed by atoms with E-state index >= 15 is 0 Å². The molecule has 1 fully saturated rings. The molecule has 1 unspecified atom stereocenters. The van der Waals surface area contributed by atoms with Gasteiger partial charge in [-0.2, -0.15) is 5.10 Å². The van der Waals surface area contributed by atoms with Crippen LogP contribution >= 0.6 is 0 Å². The van der Waals surface area contributed by atoms with E-state index in [1.807, 2.05) is 18.3 Å². The molecule has 1 aromatic heterocycles. The predicted octanol–water partition coefficient (Wildman–Crippen LogP) is 2.17.